The molecule has 0 aromatic carbocycles. The summed E-state index contributed by atoms with van der Waals surface area (Å²) < 4.78 is 0. The first-order valence-electron chi connectivity index (χ1n) is 4.31. The molecule has 1 atom stereocenters. The molecule has 0 spiro atoms. The van der Waals surface area contributed by atoms with Gasteiger partial charge >= 0.3 is 0 Å². The molecule has 0 saturated heterocycles. The van der Waals surface area contributed by atoms with E-state index in [-0.39, 0.29) is 6.04 Å². The molecule has 2 heterocycles. The molecule has 2 rings (SSSR count). The Kier molecular flexibility index (Phi) is 2.23. The van der Waals surface area contributed by atoms with Crippen LogP contribution in [0.2, 0.25) is 0 Å². The van der Waals surface area contributed by atoms with Crippen LogP contribution in [-0.4, -0.2) is 23.9 Å². The molecule has 1 aromatic heterocycles. The Bertz CT molecular complexity index is 307. The first kappa shape index (κ1) is 8.19. The second-order valence-electron chi connectivity index (χ2n) is 2.96. The molecule has 0 amide bonds. The Balaban J connectivity index is 2.17. The molecule has 0 radical (unpaired) electrons. The third-order valence-electron chi connectivity index (χ3n) is 2.04. The van der Waals surface area contributed by atoms with Crippen LogP contribution >= 0.6 is 0 Å². The summed E-state index contributed by atoms with van der Waals surface area (Å²) in [5.74, 6) is 0.869. The van der Waals surface area contributed by atoms with Gasteiger partial charge in [0, 0.05) is 18.9 Å². The van der Waals surface area contributed by atoms with Crippen LogP contribution in [0.3, 0.4) is 0 Å². The lowest BCUT2D eigenvalue weighted by Crippen LogP contribution is -2.31. The highest BCUT2D eigenvalue weighted by Crippen LogP contribution is 2.10. The van der Waals surface area contributed by atoms with Gasteiger partial charge in [0.25, 0.3) is 0 Å². The molecule has 3 N–H and O–H groups in total. The summed E-state index contributed by atoms with van der Waals surface area (Å²) in [6.07, 6.45) is 3.51. The van der Waals surface area contributed by atoms with Crippen LogP contribution in [0, 0.1) is 0 Å². The van der Waals surface area contributed by atoms with Crippen molar-refractivity contribution in [2.75, 3.05) is 13.1 Å². The van der Waals surface area contributed by atoms with Crippen LogP contribution < -0.4 is 11.1 Å². The number of nitrogens with two attached hydrogens (primary N) is 1. The van der Waals surface area contributed by atoms with Crippen molar-refractivity contribution in [3.63, 3.8) is 0 Å². The number of amidine groups is 1. The normalized spacial score (nSPS) is 17.8. The summed E-state index contributed by atoms with van der Waals surface area (Å²) in [5, 5.41) is 3.15. The Morgan fingerprint density at radius 2 is 2.46 bits per heavy atom. The molecule has 1 unspecified atom stereocenters. The van der Waals surface area contributed by atoms with Crippen LogP contribution in [0.15, 0.2) is 29.5 Å². The van der Waals surface area contributed by atoms with Crippen LogP contribution in [0.4, 0.5) is 0 Å². The predicted octanol–water partition coefficient (Wildman–Crippen LogP) is 0.0831. The zero-order chi connectivity index (χ0) is 9.10. The molecule has 0 bridgehead atoms. The summed E-state index contributed by atoms with van der Waals surface area (Å²) in [7, 11) is 0. The van der Waals surface area contributed by atoms with E-state index < -0.39 is 0 Å². The fourth-order valence-electron chi connectivity index (χ4n) is 1.34. The minimum atomic E-state index is -0.156. The maximum absolute atomic E-state index is 5.97. The highest BCUT2D eigenvalue weighted by atomic mass is 15.1. The number of hydrogen-bond acceptors (Lipinski definition) is 4. The van der Waals surface area contributed by atoms with Crippen molar-refractivity contribution in [3.8, 4) is 0 Å². The average Bonchev–Trinajstić information content (AvgIpc) is 2.71. The zero-order valence-electron chi connectivity index (χ0n) is 7.27. The molecular weight excluding hydrogens is 164 g/mol. The maximum atomic E-state index is 5.97. The van der Waals surface area contributed by atoms with E-state index in [0.717, 1.165) is 24.5 Å². The van der Waals surface area contributed by atoms with E-state index in [2.05, 4.69) is 15.3 Å². The van der Waals surface area contributed by atoms with Gasteiger partial charge in [0.2, 0.25) is 0 Å². The van der Waals surface area contributed by atoms with Crippen LogP contribution in [0.1, 0.15) is 11.6 Å². The number of aliphatic imine (C=N–C) groups is 1. The SMILES string of the molecule is NC(C1=NCCN1)c1cccnc1. The smallest absolute Gasteiger partial charge is 0.118 e. The van der Waals surface area contributed by atoms with Gasteiger partial charge in [-0.05, 0) is 11.6 Å². The first-order chi connectivity index (χ1) is 6.38. The van der Waals surface area contributed by atoms with Crippen molar-refractivity contribution in [2.45, 2.75) is 6.04 Å². The van der Waals surface area contributed by atoms with Gasteiger partial charge < -0.3 is 11.1 Å². The molecule has 4 nitrogen and oxygen atoms in total. The number of nitrogens with one attached hydrogen (secondary N) is 1. The number of rotatable bonds is 2. The lowest BCUT2D eigenvalue weighted by atomic mass is 10.1. The van der Waals surface area contributed by atoms with E-state index in [0.29, 0.717) is 0 Å². The van der Waals surface area contributed by atoms with Gasteiger partial charge in [-0.2, -0.15) is 0 Å². The van der Waals surface area contributed by atoms with Gasteiger partial charge in [0.15, 0.2) is 0 Å². The Labute approximate surface area is 76.9 Å². The van der Waals surface area contributed by atoms with Gasteiger partial charge in [-0.25, -0.2) is 0 Å². The topological polar surface area (TPSA) is 63.3 Å². The standard InChI is InChI=1S/C9H12N4/c10-8(9-12-4-5-13-9)7-2-1-3-11-6-7/h1-3,6,8H,4-5,10H2,(H,12,13). The Morgan fingerprint density at radius 3 is 3.08 bits per heavy atom. The van der Waals surface area contributed by atoms with Crippen LogP contribution in [0.25, 0.3) is 0 Å². The van der Waals surface area contributed by atoms with Gasteiger partial charge in [0.1, 0.15) is 5.84 Å². The molecule has 0 aliphatic carbocycles. The minimum Gasteiger partial charge on any atom is -0.370 e. The summed E-state index contributed by atoms with van der Waals surface area (Å²) in [5.41, 5.74) is 6.96. The minimum absolute atomic E-state index is 0.156. The van der Waals surface area contributed by atoms with Crippen molar-refractivity contribution < 1.29 is 0 Å². The van der Waals surface area contributed by atoms with Crippen molar-refractivity contribution in [1.82, 2.24) is 10.3 Å². The summed E-state index contributed by atoms with van der Waals surface area (Å²) in [6.45, 7) is 1.71. The van der Waals surface area contributed by atoms with E-state index in [1.165, 1.54) is 0 Å². The molecule has 0 fully saturated rings. The van der Waals surface area contributed by atoms with E-state index in [1.54, 1.807) is 12.4 Å². The van der Waals surface area contributed by atoms with E-state index in [4.69, 9.17) is 5.73 Å². The van der Waals surface area contributed by atoms with E-state index in [1.807, 2.05) is 12.1 Å². The zero-order valence-corrected chi connectivity index (χ0v) is 7.27. The third kappa shape index (κ3) is 1.67. The number of nitrogens with zero attached hydrogens (tertiary/aromatic N) is 2. The summed E-state index contributed by atoms with van der Waals surface area (Å²) >= 11 is 0. The highest BCUT2D eigenvalue weighted by Gasteiger charge is 2.15. The Morgan fingerprint density at radius 1 is 1.54 bits per heavy atom. The molecule has 68 valence electrons. The number of hydrogen-bond donors (Lipinski definition) is 2. The second kappa shape index (κ2) is 3.53. The van der Waals surface area contributed by atoms with E-state index in [9.17, 15) is 0 Å². The van der Waals surface area contributed by atoms with Crippen LogP contribution in [-0.2, 0) is 0 Å². The molecule has 1 aliphatic heterocycles. The van der Waals surface area contributed by atoms with E-state index >= 15 is 0 Å². The van der Waals surface area contributed by atoms with Crippen molar-refractivity contribution in [3.05, 3.63) is 30.1 Å². The highest BCUT2D eigenvalue weighted by molar-refractivity contribution is 5.89. The molecule has 13 heavy (non-hydrogen) atoms. The number of aromatic nitrogens is 1. The van der Waals surface area contributed by atoms with Crippen molar-refractivity contribution >= 4 is 5.84 Å². The van der Waals surface area contributed by atoms with Gasteiger partial charge in [-0.1, -0.05) is 6.07 Å². The van der Waals surface area contributed by atoms with Crippen molar-refractivity contribution in [2.24, 2.45) is 10.7 Å². The molecule has 0 saturated carbocycles. The Hall–Kier alpha value is -1.42. The predicted molar refractivity (Wildman–Crippen MR) is 51.5 cm³/mol. The summed E-state index contributed by atoms with van der Waals surface area (Å²) in [6, 6.07) is 3.68. The van der Waals surface area contributed by atoms with Gasteiger partial charge in [-0.3, -0.25) is 9.98 Å². The lowest BCUT2D eigenvalue weighted by molar-refractivity contribution is 0.888. The lowest BCUT2D eigenvalue weighted by Gasteiger charge is -2.11. The summed E-state index contributed by atoms with van der Waals surface area (Å²) in [4.78, 5) is 8.28. The molecule has 1 aromatic rings. The van der Waals surface area contributed by atoms with Crippen molar-refractivity contribution in [1.29, 1.82) is 0 Å². The monoisotopic (exact) mass is 176 g/mol. The first-order valence-corrected chi connectivity index (χ1v) is 4.31. The molecule has 1 aliphatic rings. The fraction of sp³-hybridized carbons (Fsp3) is 0.333. The van der Waals surface area contributed by atoms with Gasteiger partial charge in [0.05, 0.1) is 12.6 Å². The number of pyridine rings is 1. The quantitative estimate of drug-likeness (QED) is 0.671. The fourth-order valence-corrected chi connectivity index (χ4v) is 1.34. The second-order valence-corrected chi connectivity index (χ2v) is 2.96. The van der Waals surface area contributed by atoms with Gasteiger partial charge in [-0.15, -0.1) is 0 Å². The molecular formula is C9H12N4. The largest absolute Gasteiger partial charge is 0.370 e. The van der Waals surface area contributed by atoms with Crippen LogP contribution in [0.5, 0.6) is 0 Å². The average molecular weight is 176 g/mol. The maximum Gasteiger partial charge on any atom is 0.118 e. The molecule has 4 heteroatoms. The third-order valence-corrected chi connectivity index (χ3v) is 2.04.